The van der Waals surface area contributed by atoms with Crippen LogP contribution in [0.25, 0.3) is 21.1 Å². The number of fused-ring (bicyclic) bond motifs is 2. The molecule has 0 aliphatic carbocycles. The van der Waals surface area contributed by atoms with Crippen molar-refractivity contribution in [2.24, 2.45) is 5.41 Å². The second-order valence-corrected chi connectivity index (χ2v) is 14.4. The van der Waals surface area contributed by atoms with Crippen molar-refractivity contribution < 1.29 is 13.2 Å². The van der Waals surface area contributed by atoms with Crippen LogP contribution in [0.2, 0.25) is 0 Å². The summed E-state index contributed by atoms with van der Waals surface area (Å²) in [6, 6.07) is 14.6. The van der Waals surface area contributed by atoms with Gasteiger partial charge in [-0.2, -0.15) is 18.4 Å². The average Bonchev–Trinajstić information content (AvgIpc) is 3.81. The Morgan fingerprint density at radius 1 is 1.02 bits per heavy atom. The number of hydrogen-bond donors (Lipinski definition) is 0. The Morgan fingerprint density at radius 3 is 2.62 bits per heavy atom. The van der Waals surface area contributed by atoms with Gasteiger partial charge in [0.1, 0.15) is 28.2 Å². The Kier molecular flexibility index (Phi) is 8.21. The van der Waals surface area contributed by atoms with Crippen LogP contribution in [0.5, 0.6) is 0 Å². The molecule has 7 nitrogen and oxygen atoms in total. The maximum absolute atomic E-state index is 13.2. The molecular weight excluding hydrogens is 620 g/mol. The number of hydrogen-bond acceptors (Lipinski definition) is 7. The molecule has 4 aromatic heterocycles. The van der Waals surface area contributed by atoms with Gasteiger partial charge in [0.05, 0.1) is 11.8 Å². The number of benzene rings is 1. The highest BCUT2D eigenvalue weighted by molar-refractivity contribution is 7.18. The Bertz CT molecular complexity index is 2010. The first kappa shape index (κ1) is 31.6. The fourth-order valence-corrected chi connectivity index (χ4v) is 8.63. The van der Waals surface area contributed by atoms with Crippen LogP contribution < -0.4 is 4.90 Å². The molecule has 1 spiro atoms. The van der Waals surface area contributed by atoms with Crippen molar-refractivity contribution >= 4 is 38.3 Å². The standard InChI is InChI=1S/C36H38F3N7S/c1-4-32-42-33(30-17-28(18-36(37,38)39)47-34(30)43-32)45-14-10-35(22-45)9-13-44(21-35)20-26-5-6-31-29(24(26)3)16-27(19-40)46(31)12-8-25-7-11-41-23(2)15-25/h5-7,11,15-17H,4,8-10,12-14,18,20-22H2,1-3H3. The third-order valence-corrected chi connectivity index (χ3v) is 11.0. The molecule has 1 aromatic carbocycles. The van der Waals surface area contributed by atoms with Crippen LogP contribution in [-0.4, -0.2) is 56.8 Å². The lowest BCUT2D eigenvalue weighted by molar-refractivity contribution is -0.126. The normalized spacial score (nSPS) is 18.7. The second-order valence-electron chi connectivity index (χ2n) is 13.3. The lowest BCUT2D eigenvalue weighted by Crippen LogP contribution is -2.31. The number of aromatic nitrogens is 4. The van der Waals surface area contributed by atoms with Crippen LogP contribution in [0.15, 0.2) is 42.6 Å². The molecule has 0 bridgehead atoms. The third-order valence-electron chi connectivity index (χ3n) is 9.98. The molecule has 0 radical (unpaired) electrons. The van der Waals surface area contributed by atoms with Gasteiger partial charge in [-0.1, -0.05) is 13.0 Å². The van der Waals surface area contributed by atoms with E-state index in [1.807, 2.05) is 32.2 Å². The quantitative estimate of drug-likeness (QED) is 0.172. The monoisotopic (exact) mass is 657 g/mol. The van der Waals surface area contributed by atoms with Gasteiger partial charge >= 0.3 is 6.18 Å². The first-order valence-corrected chi connectivity index (χ1v) is 17.1. The van der Waals surface area contributed by atoms with Gasteiger partial charge in [-0.25, -0.2) is 9.97 Å². The minimum atomic E-state index is -4.25. The number of alkyl halides is 3. The van der Waals surface area contributed by atoms with Crippen LogP contribution in [-0.2, 0) is 32.4 Å². The topological polar surface area (TPSA) is 73.9 Å². The SMILES string of the molecule is CCc1nc(N2CCC3(CCN(Cc4ccc5c(cc(C#N)n5CCc5ccnc(C)c5)c4C)C3)C2)c2cc(CC(F)(F)F)sc2n1. The van der Waals surface area contributed by atoms with Crippen LogP contribution in [0.3, 0.4) is 0 Å². The molecule has 5 aromatic rings. The highest BCUT2D eigenvalue weighted by Crippen LogP contribution is 2.44. The van der Waals surface area contributed by atoms with E-state index in [9.17, 15) is 18.4 Å². The smallest absolute Gasteiger partial charge is 0.355 e. The van der Waals surface area contributed by atoms with Crippen molar-refractivity contribution in [3.63, 3.8) is 0 Å². The van der Waals surface area contributed by atoms with Gasteiger partial charge in [0.25, 0.3) is 0 Å². The molecule has 244 valence electrons. The van der Waals surface area contributed by atoms with E-state index in [1.165, 1.54) is 16.7 Å². The van der Waals surface area contributed by atoms with E-state index in [4.69, 9.17) is 4.98 Å². The number of anilines is 1. The summed E-state index contributed by atoms with van der Waals surface area (Å²) in [6.07, 6.45) is 0.214. The Hall–Kier alpha value is -4.01. The van der Waals surface area contributed by atoms with E-state index in [-0.39, 0.29) is 10.3 Å². The molecule has 0 N–H and O–H groups in total. The number of nitriles is 1. The molecular formula is C36H38F3N7S. The van der Waals surface area contributed by atoms with Crippen molar-refractivity contribution in [2.45, 2.75) is 72.1 Å². The van der Waals surface area contributed by atoms with Gasteiger partial charge in [0.2, 0.25) is 0 Å². The first-order chi connectivity index (χ1) is 22.5. The van der Waals surface area contributed by atoms with E-state index >= 15 is 0 Å². The molecule has 2 aliphatic heterocycles. The molecule has 1 unspecified atom stereocenters. The lowest BCUT2D eigenvalue weighted by Gasteiger charge is -2.26. The van der Waals surface area contributed by atoms with Gasteiger partial charge in [-0.3, -0.25) is 9.88 Å². The zero-order chi connectivity index (χ0) is 32.9. The van der Waals surface area contributed by atoms with E-state index in [0.717, 1.165) is 97.7 Å². The largest absolute Gasteiger partial charge is 0.393 e. The number of rotatable bonds is 8. The summed E-state index contributed by atoms with van der Waals surface area (Å²) in [6.45, 7) is 11.3. The number of thiophene rings is 1. The van der Waals surface area contributed by atoms with Gasteiger partial charge in [-0.15, -0.1) is 11.3 Å². The van der Waals surface area contributed by atoms with Crippen molar-refractivity contribution in [2.75, 3.05) is 31.1 Å². The molecule has 7 rings (SSSR count). The fraction of sp³-hybridized carbons (Fsp3) is 0.444. The highest BCUT2D eigenvalue weighted by Gasteiger charge is 2.44. The minimum Gasteiger partial charge on any atom is -0.355 e. The van der Waals surface area contributed by atoms with Crippen molar-refractivity contribution in [3.05, 3.63) is 81.4 Å². The summed E-state index contributed by atoms with van der Waals surface area (Å²) in [5, 5.41) is 11.8. The maximum Gasteiger partial charge on any atom is 0.393 e. The molecule has 1 atom stereocenters. The number of nitrogens with zero attached hydrogens (tertiary/aromatic N) is 7. The third kappa shape index (κ3) is 6.33. The predicted octanol–water partition coefficient (Wildman–Crippen LogP) is 7.54. The van der Waals surface area contributed by atoms with Crippen molar-refractivity contribution in [1.82, 2.24) is 24.4 Å². The maximum atomic E-state index is 13.2. The van der Waals surface area contributed by atoms with Crippen molar-refractivity contribution in [3.8, 4) is 6.07 Å². The summed E-state index contributed by atoms with van der Waals surface area (Å²) in [4.78, 5) is 19.5. The highest BCUT2D eigenvalue weighted by atomic mass is 32.1. The number of likely N-dealkylation sites (tertiary alicyclic amines) is 1. The summed E-state index contributed by atoms with van der Waals surface area (Å²) >= 11 is 1.13. The molecule has 0 amide bonds. The molecule has 47 heavy (non-hydrogen) atoms. The molecule has 2 saturated heterocycles. The van der Waals surface area contributed by atoms with Crippen LogP contribution in [0.1, 0.15) is 58.5 Å². The minimum absolute atomic E-state index is 0.120. The van der Waals surface area contributed by atoms with Gasteiger partial charge in [0.15, 0.2) is 0 Å². The first-order valence-electron chi connectivity index (χ1n) is 16.3. The van der Waals surface area contributed by atoms with E-state index in [1.54, 1.807) is 6.07 Å². The van der Waals surface area contributed by atoms with Gasteiger partial charge < -0.3 is 9.47 Å². The van der Waals surface area contributed by atoms with Crippen LogP contribution >= 0.6 is 11.3 Å². The van der Waals surface area contributed by atoms with E-state index < -0.39 is 12.6 Å². The Labute approximate surface area is 276 Å². The van der Waals surface area contributed by atoms with E-state index in [0.29, 0.717) is 22.8 Å². The lowest BCUT2D eigenvalue weighted by atomic mass is 9.86. The average molecular weight is 658 g/mol. The van der Waals surface area contributed by atoms with E-state index in [2.05, 4.69) is 55.5 Å². The Balaban J connectivity index is 1.07. The van der Waals surface area contributed by atoms with Gasteiger partial charge in [0, 0.05) is 72.2 Å². The summed E-state index contributed by atoms with van der Waals surface area (Å²) in [7, 11) is 0. The Morgan fingerprint density at radius 2 is 1.85 bits per heavy atom. The fourth-order valence-electron chi connectivity index (χ4n) is 7.56. The molecule has 2 fully saturated rings. The number of halogens is 3. The van der Waals surface area contributed by atoms with Crippen molar-refractivity contribution in [1.29, 1.82) is 5.26 Å². The molecule has 6 heterocycles. The van der Waals surface area contributed by atoms with Gasteiger partial charge in [-0.05, 0) is 86.7 Å². The zero-order valence-corrected chi connectivity index (χ0v) is 27.8. The summed E-state index contributed by atoms with van der Waals surface area (Å²) < 4.78 is 41.7. The molecule has 2 aliphatic rings. The predicted molar refractivity (Wildman–Crippen MR) is 180 cm³/mol. The van der Waals surface area contributed by atoms with Crippen LogP contribution in [0, 0.1) is 30.6 Å². The number of pyridine rings is 1. The van der Waals surface area contributed by atoms with Crippen LogP contribution in [0.4, 0.5) is 19.0 Å². The molecule has 0 saturated carbocycles. The molecule has 11 heteroatoms. The number of aryl methyl sites for hydroxylation is 5. The second kappa shape index (κ2) is 12.2. The summed E-state index contributed by atoms with van der Waals surface area (Å²) in [5.41, 5.74) is 6.58. The zero-order valence-electron chi connectivity index (χ0n) is 27.0. The summed E-state index contributed by atoms with van der Waals surface area (Å²) in [5.74, 6) is 1.46.